The molecule has 0 aromatic heterocycles. The molecular formula is C17H27N7O6S. The topological polar surface area (TPSA) is 216 Å². The third-order valence-corrected chi connectivity index (χ3v) is 6.13. The third kappa shape index (κ3) is 9.51. The van der Waals surface area contributed by atoms with Gasteiger partial charge in [-0.1, -0.05) is 27.9 Å². The number of aliphatic hydroxyl groups excluding tert-OH is 4. The molecule has 0 bridgehead atoms. The number of hydrogen-bond donors (Lipinski definition) is 4. The monoisotopic (exact) mass is 457 g/mol. The van der Waals surface area contributed by atoms with Gasteiger partial charge in [0, 0.05) is 35.8 Å². The quantitative estimate of drug-likeness (QED) is 0.180. The van der Waals surface area contributed by atoms with Crippen molar-refractivity contribution >= 4 is 10.0 Å². The van der Waals surface area contributed by atoms with E-state index in [0.717, 1.165) is 9.87 Å². The summed E-state index contributed by atoms with van der Waals surface area (Å²) in [4.78, 5) is 4.96. The molecule has 0 aliphatic carbocycles. The first kappa shape index (κ1) is 26.6. The Morgan fingerprint density at radius 3 is 1.68 bits per heavy atom. The highest BCUT2D eigenvalue weighted by Gasteiger charge is 2.30. The van der Waals surface area contributed by atoms with Crippen LogP contribution in [0.5, 0.6) is 0 Å². The van der Waals surface area contributed by atoms with Crippen LogP contribution in [0.25, 0.3) is 20.9 Å². The maximum absolute atomic E-state index is 13.1. The minimum atomic E-state index is -4.13. The number of aliphatic hydroxyl groups is 4. The highest BCUT2D eigenvalue weighted by atomic mass is 32.2. The Balaban J connectivity index is 3.01. The summed E-state index contributed by atoms with van der Waals surface area (Å²) in [7, 11) is -4.13. The Labute approximate surface area is 179 Å². The van der Waals surface area contributed by atoms with E-state index in [-0.39, 0.29) is 30.8 Å². The van der Waals surface area contributed by atoms with Gasteiger partial charge in [-0.25, -0.2) is 8.42 Å². The first-order valence-electron chi connectivity index (χ1n) is 9.41. The summed E-state index contributed by atoms with van der Waals surface area (Å²) in [6, 6.07) is 5.99. The van der Waals surface area contributed by atoms with Gasteiger partial charge >= 0.3 is 0 Å². The van der Waals surface area contributed by atoms with Crippen molar-refractivity contribution in [2.24, 2.45) is 10.2 Å². The summed E-state index contributed by atoms with van der Waals surface area (Å²) in [5.74, 6) is 0. The van der Waals surface area contributed by atoms with Crippen LogP contribution < -0.4 is 0 Å². The second-order valence-corrected chi connectivity index (χ2v) is 8.99. The molecule has 0 amide bonds. The molecule has 172 valence electrons. The van der Waals surface area contributed by atoms with Gasteiger partial charge in [-0.15, -0.1) is 0 Å². The van der Waals surface area contributed by atoms with Gasteiger partial charge < -0.3 is 20.4 Å². The molecule has 1 rings (SSSR count). The lowest BCUT2D eigenvalue weighted by Crippen LogP contribution is -2.43. The lowest BCUT2D eigenvalue weighted by atomic mass is 10.1. The van der Waals surface area contributed by atoms with Crippen LogP contribution in [0.3, 0.4) is 0 Å². The van der Waals surface area contributed by atoms with Crippen LogP contribution in [-0.2, 0) is 10.0 Å². The Kier molecular flexibility index (Phi) is 11.3. The minimum Gasteiger partial charge on any atom is -0.393 e. The number of rotatable bonds is 14. The molecule has 0 saturated heterocycles. The fourth-order valence-electron chi connectivity index (χ4n) is 2.79. The van der Waals surface area contributed by atoms with E-state index in [1.54, 1.807) is 19.1 Å². The fraction of sp³-hybridized carbons (Fsp3) is 0.647. The Bertz CT molecular complexity index is 849. The molecule has 31 heavy (non-hydrogen) atoms. The van der Waals surface area contributed by atoms with E-state index in [2.05, 4.69) is 20.1 Å². The molecule has 4 atom stereocenters. The highest BCUT2D eigenvalue weighted by molar-refractivity contribution is 7.89. The number of azide groups is 2. The van der Waals surface area contributed by atoms with Gasteiger partial charge in [-0.2, -0.15) is 4.31 Å². The number of nitrogens with zero attached hydrogens (tertiary/aromatic N) is 7. The molecule has 0 spiro atoms. The molecule has 0 aliphatic heterocycles. The molecule has 0 aliphatic rings. The number of aryl methyl sites for hydroxylation is 1. The van der Waals surface area contributed by atoms with Crippen molar-refractivity contribution in [1.29, 1.82) is 0 Å². The fourth-order valence-corrected chi connectivity index (χ4v) is 4.30. The summed E-state index contributed by atoms with van der Waals surface area (Å²) in [5, 5.41) is 46.5. The molecule has 0 heterocycles. The largest absolute Gasteiger partial charge is 0.393 e. The van der Waals surface area contributed by atoms with Gasteiger partial charge in [-0.3, -0.25) is 0 Å². The minimum absolute atomic E-state index is 0.0539. The maximum Gasteiger partial charge on any atom is 0.243 e. The van der Waals surface area contributed by atoms with E-state index >= 15 is 0 Å². The van der Waals surface area contributed by atoms with Gasteiger partial charge in [0.1, 0.15) is 0 Å². The van der Waals surface area contributed by atoms with Crippen molar-refractivity contribution in [3.05, 3.63) is 50.7 Å². The van der Waals surface area contributed by atoms with Crippen molar-refractivity contribution < 1.29 is 28.8 Å². The van der Waals surface area contributed by atoms with E-state index in [4.69, 9.17) is 11.1 Å². The van der Waals surface area contributed by atoms with E-state index < -0.39 is 47.5 Å². The Morgan fingerprint density at radius 2 is 1.29 bits per heavy atom. The lowest BCUT2D eigenvalue weighted by Gasteiger charge is -2.28. The second kappa shape index (κ2) is 13.1. The third-order valence-electron chi connectivity index (χ3n) is 4.29. The second-order valence-electron chi connectivity index (χ2n) is 7.05. The zero-order chi connectivity index (χ0) is 23.4. The molecule has 1 aromatic rings. The van der Waals surface area contributed by atoms with Crippen LogP contribution in [0.4, 0.5) is 0 Å². The lowest BCUT2D eigenvalue weighted by molar-refractivity contribution is 0.0491. The van der Waals surface area contributed by atoms with Crippen molar-refractivity contribution in [2.45, 2.75) is 49.1 Å². The predicted molar refractivity (Wildman–Crippen MR) is 111 cm³/mol. The van der Waals surface area contributed by atoms with Gasteiger partial charge in [0.25, 0.3) is 0 Å². The van der Waals surface area contributed by atoms with Crippen molar-refractivity contribution in [3.8, 4) is 0 Å². The molecular weight excluding hydrogens is 430 g/mol. The average Bonchev–Trinajstić information content (AvgIpc) is 2.70. The molecule has 13 nitrogen and oxygen atoms in total. The van der Waals surface area contributed by atoms with E-state index in [0.29, 0.717) is 0 Å². The molecule has 0 unspecified atom stereocenters. The number of benzene rings is 1. The predicted octanol–water partition coefficient (Wildman–Crippen LogP) is 0.830. The van der Waals surface area contributed by atoms with Crippen LogP contribution in [-0.4, -0.2) is 83.7 Å². The summed E-state index contributed by atoms with van der Waals surface area (Å²) >= 11 is 0. The van der Waals surface area contributed by atoms with Crippen LogP contribution >= 0.6 is 0 Å². The Morgan fingerprint density at radius 1 is 0.871 bits per heavy atom. The van der Waals surface area contributed by atoms with E-state index in [1.807, 2.05) is 0 Å². The van der Waals surface area contributed by atoms with E-state index in [1.165, 1.54) is 12.1 Å². The van der Waals surface area contributed by atoms with E-state index in [9.17, 15) is 28.8 Å². The molecule has 14 heteroatoms. The van der Waals surface area contributed by atoms with Crippen LogP contribution in [0.15, 0.2) is 39.4 Å². The molecule has 4 N–H and O–H groups in total. The number of hydrogen-bond acceptors (Lipinski definition) is 8. The zero-order valence-electron chi connectivity index (χ0n) is 17.0. The van der Waals surface area contributed by atoms with Crippen LogP contribution in [0.1, 0.15) is 18.4 Å². The van der Waals surface area contributed by atoms with Crippen molar-refractivity contribution in [1.82, 2.24) is 4.31 Å². The molecule has 0 radical (unpaired) electrons. The van der Waals surface area contributed by atoms with Crippen LogP contribution in [0.2, 0.25) is 0 Å². The van der Waals surface area contributed by atoms with Gasteiger partial charge in [0.05, 0.1) is 42.4 Å². The standard InChI is InChI=1S/C17H27N7O6S/c1-12-2-4-17(5-3-12)31(29,30)24(10-15(27)6-13(25)8-20-22-18)11-16(28)7-14(26)9-21-23-19/h2-5,13-16,25-28H,6-11H2,1H3/t13-,14-,15+,16+/m1/s1. The van der Waals surface area contributed by atoms with Crippen molar-refractivity contribution in [2.75, 3.05) is 26.2 Å². The SMILES string of the molecule is Cc1ccc(S(=O)(=O)N(C[C@@H](O)C[C@@H](O)CN=[N+]=[N-])C[C@@H](O)C[C@@H](O)CN=[N+]=[N-])cc1. The molecule has 0 fully saturated rings. The summed E-state index contributed by atoms with van der Waals surface area (Å²) < 4.78 is 27.0. The smallest absolute Gasteiger partial charge is 0.243 e. The Hall–Kier alpha value is -2.41. The number of sulfonamides is 1. The zero-order valence-corrected chi connectivity index (χ0v) is 17.8. The molecule has 0 saturated carbocycles. The molecule has 1 aromatic carbocycles. The average molecular weight is 458 g/mol. The van der Waals surface area contributed by atoms with Gasteiger partial charge in [0.2, 0.25) is 10.0 Å². The highest BCUT2D eigenvalue weighted by Crippen LogP contribution is 2.19. The summed E-state index contributed by atoms with van der Waals surface area (Å²) in [6.07, 6.45) is -5.49. The summed E-state index contributed by atoms with van der Waals surface area (Å²) in [5.41, 5.74) is 17.4. The van der Waals surface area contributed by atoms with Crippen molar-refractivity contribution in [3.63, 3.8) is 0 Å². The summed E-state index contributed by atoms with van der Waals surface area (Å²) in [6.45, 7) is 0.316. The maximum atomic E-state index is 13.1. The first-order valence-corrected chi connectivity index (χ1v) is 10.8. The van der Waals surface area contributed by atoms with Gasteiger partial charge in [-0.05, 0) is 30.1 Å². The van der Waals surface area contributed by atoms with Gasteiger partial charge in [0.15, 0.2) is 0 Å². The first-order chi connectivity index (χ1) is 14.6. The normalized spacial score (nSPS) is 15.4. The van der Waals surface area contributed by atoms with Crippen LogP contribution in [0, 0.1) is 6.92 Å².